The topological polar surface area (TPSA) is 764 Å². The van der Waals surface area contributed by atoms with Crippen molar-refractivity contribution in [2.24, 2.45) is 17.8 Å². The molecule has 0 spiro atoms. The number of carbonyl (C=O) groups excluding carboxylic acids is 14. The number of nitrogens with zero attached hydrogens (tertiary/aromatic N) is 4. The summed E-state index contributed by atoms with van der Waals surface area (Å²) in [6.07, 6.45) is 0.440. The zero-order valence-electron chi connectivity index (χ0n) is 77.3. The summed E-state index contributed by atoms with van der Waals surface area (Å²) >= 11 is 0. The number of aromatic amines is 3. The van der Waals surface area contributed by atoms with E-state index in [1.54, 1.807) is 82.4 Å². The Morgan fingerprint density at radius 1 is 0.525 bits per heavy atom. The highest BCUT2D eigenvalue weighted by Crippen LogP contribution is 2.26. The van der Waals surface area contributed by atoms with Crippen molar-refractivity contribution in [3.05, 3.63) is 102 Å². The lowest BCUT2D eigenvalue weighted by molar-refractivity contribution is -0.145. The van der Waals surface area contributed by atoms with Crippen LogP contribution in [0.4, 0.5) is 4.79 Å². The lowest BCUT2D eigenvalue weighted by atomic mass is 9.98. The molecule has 0 unspecified atom stereocenters. The average molecular weight is 1990 g/mol. The minimum Gasteiger partial charge on any atom is -0.481 e. The zero-order valence-corrected chi connectivity index (χ0v) is 79.0. The van der Waals surface area contributed by atoms with Crippen LogP contribution in [0.2, 0.25) is 0 Å². The molecule has 758 valence electrons. The van der Waals surface area contributed by atoms with E-state index >= 15 is 19.2 Å². The Hall–Kier alpha value is -14.3. The minimum atomic E-state index is -2.04. The quantitative estimate of drug-likeness (QED) is 0.0143. The number of aryl methyl sites for hydroxylation is 1. The molecule has 0 bridgehead atoms. The molecule has 0 aliphatic carbocycles. The average Bonchev–Trinajstić information content (AvgIpc) is 1.68. The largest absolute Gasteiger partial charge is 0.481 e. The second-order valence-corrected chi connectivity index (χ2v) is 36.8. The lowest BCUT2D eigenvalue weighted by Gasteiger charge is -2.29. The van der Waals surface area contributed by atoms with Gasteiger partial charge in [0.25, 0.3) is 0 Å². The Bertz CT molecular complexity index is 5320. The van der Waals surface area contributed by atoms with Crippen LogP contribution in [0.15, 0.2) is 79.6 Å². The molecule has 25 N–H and O–H groups in total. The number of hydrogen-bond acceptors (Lipinski definition) is 27. The predicted molar refractivity (Wildman–Crippen MR) is 495 cm³/mol. The lowest BCUT2D eigenvalue weighted by Crippen LogP contribution is -2.61. The molecule has 2 aromatic carbocycles. The second-order valence-electron chi connectivity index (χ2n) is 34.3. The van der Waals surface area contributed by atoms with Crippen molar-refractivity contribution in [3.63, 3.8) is 0 Å². The number of aliphatic hydroxyl groups excluding tert-OH is 1. The molecule has 7 rings (SSSR count). The highest BCUT2D eigenvalue weighted by Gasteiger charge is 2.40. The molecule has 52 heteroatoms. The molecular formula is C87H120N22O28S2. The summed E-state index contributed by atoms with van der Waals surface area (Å²) in [5.74, 6) is -26.0. The van der Waals surface area contributed by atoms with E-state index in [9.17, 15) is 107 Å². The van der Waals surface area contributed by atoms with E-state index in [4.69, 9.17) is 9.84 Å². The molecule has 15 atom stereocenters. The molecule has 5 heterocycles. The molecule has 6 aromatic rings. The van der Waals surface area contributed by atoms with E-state index in [0.29, 0.717) is 54.5 Å². The second kappa shape index (κ2) is 55.2. The molecule has 1 aliphatic rings. The molecule has 4 aromatic heterocycles. The van der Waals surface area contributed by atoms with Gasteiger partial charge in [0.1, 0.15) is 84.2 Å². The maximum absolute atomic E-state index is 15.3. The molecule has 0 saturated carbocycles. The van der Waals surface area contributed by atoms with Gasteiger partial charge in [-0.3, -0.25) is 81.4 Å². The van der Waals surface area contributed by atoms with E-state index in [-0.39, 0.29) is 81.8 Å². The number of rotatable bonds is 40. The molecule has 139 heavy (non-hydrogen) atoms. The standard InChI is InChI=1S/C87H120N22O28S2/c1-42(2)27-58-74(120)91-36-67(112)94-55(20-22-68(113)114)75(121)98-59(28-43(3)4)80(126)105-71(44(5)6)83(129)100-61(30-48-34-90-54-18-12-10-16-52(48)54)77(123)102-65(82(128)106-72(46(8)110)86(134)135)40-139-138-39-64(81(127)93-45(7)73(119)96-60(29-47-33-89-53-17-11-9-15-51(47)53)76(122)99-62(78(124)97-58)31-49-35-88-41-92-49)101-79(125)63(32-70(117)118)95-66(111)24-26-137-38-50-37-109(108-107-50)25-14-13-19-56(84(130)131)103-87(136)104-57(85(132)133)21-23-69(115)116/h9-12,15-18,33-35,37,41-46,55-65,71-72,89-90,110H,13-14,19-32,36,38-40H2,1-8H3,(H,88,92)(H,91,120)(H,93,127)(H,94,112)(H,95,111)(H,96,119)(H,97,124)(H,98,121)(H,99,122)(H,100,129)(H,101,125)(H,102,123)(H,105,126)(H,106,128)(H,113,114)(H,115,116)(H,117,118)(H,130,131)(H,132,133)(H,134,135)(H2,103,104,136)/t45-,46+,55-,56-,57-,58-,59-,60-,61-,62-,63-,64-,65-,71-,72-/m0/s1. The minimum absolute atomic E-state index is 0.0989. The van der Waals surface area contributed by atoms with Gasteiger partial charge in [-0.15, -0.1) is 5.10 Å². The number of fused-ring (bicyclic) bond motifs is 2. The molecule has 15 amide bonds. The predicted octanol–water partition coefficient (Wildman–Crippen LogP) is -2.26. The summed E-state index contributed by atoms with van der Waals surface area (Å²) in [7, 11) is 1.36. The smallest absolute Gasteiger partial charge is 0.328 e. The number of amides is 15. The van der Waals surface area contributed by atoms with Crippen LogP contribution in [0.1, 0.15) is 149 Å². The summed E-state index contributed by atoms with van der Waals surface area (Å²) < 4.78 is 7.02. The van der Waals surface area contributed by atoms with Crippen LogP contribution in [0.5, 0.6) is 0 Å². The van der Waals surface area contributed by atoms with Crippen molar-refractivity contribution in [2.75, 3.05) is 24.7 Å². The fourth-order valence-electron chi connectivity index (χ4n) is 14.4. The Morgan fingerprint density at radius 3 is 1.62 bits per heavy atom. The number of ether oxygens (including phenoxy) is 1. The highest BCUT2D eigenvalue weighted by atomic mass is 33.1. The van der Waals surface area contributed by atoms with Crippen LogP contribution < -0.4 is 79.8 Å². The summed E-state index contributed by atoms with van der Waals surface area (Å²) in [5.41, 5.74) is 2.44. The van der Waals surface area contributed by atoms with Gasteiger partial charge in [0, 0.05) is 97.0 Å². The van der Waals surface area contributed by atoms with Crippen molar-refractivity contribution in [1.82, 2.24) is 115 Å². The first-order valence-electron chi connectivity index (χ1n) is 44.6. The number of imidazole rings is 1. The van der Waals surface area contributed by atoms with Crippen LogP contribution in [0, 0.1) is 17.8 Å². The SMILES string of the molecule is CC(C)C[C@@H]1NC(=O)[C@H](Cc2c[nH]cn2)NC(=O)[C@H](Cc2c[nH]c3ccccc23)NC(=O)[C@H](C)NC(=O)[C@@H](NC(=O)[C@H](CC(=O)O)NC(=O)CCOCc2cn(CCCC[C@H](NC(=O)N[C@@H](CCC(=O)O)C(=O)O)C(=O)O)nn2)CSSC[C@@H](C(=O)N[C@H](C(=O)O)[C@@H](C)O)NC(=O)[C@H](Cc2c[nH]c3ccccc23)NC(=O)[C@H](C(C)C)NC(=O)[C@H](CC(C)C)NC(=O)[C@H](CCC(=O)O)NC(=O)CNC1=O. The van der Waals surface area contributed by atoms with Crippen molar-refractivity contribution in [1.29, 1.82) is 0 Å². The molecule has 0 radical (unpaired) electrons. The van der Waals surface area contributed by atoms with Crippen molar-refractivity contribution >= 4 is 162 Å². The first-order valence-corrected chi connectivity index (χ1v) is 47.1. The van der Waals surface area contributed by atoms with E-state index in [1.807, 2.05) is 5.32 Å². The van der Waals surface area contributed by atoms with Crippen LogP contribution in [0.3, 0.4) is 0 Å². The number of hydrogen-bond donors (Lipinski definition) is 25. The molecule has 1 saturated heterocycles. The van der Waals surface area contributed by atoms with E-state index in [0.717, 1.165) is 6.92 Å². The number of aliphatic carboxylic acids is 6. The number of unbranched alkanes of at least 4 members (excludes halogenated alkanes) is 1. The van der Waals surface area contributed by atoms with E-state index < -0.39 is 284 Å². The third kappa shape index (κ3) is 37.3. The maximum Gasteiger partial charge on any atom is 0.328 e. The summed E-state index contributed by atoms with van der Waals surface area (Å²) in [6.45, 7) is 10.7. The van der Waals surface area contributed by atoms with Gasteiger partial charge in [0.05, 0.1) is 50.5 Å². The van der Waals surface area contributed by atoms with Crippen LogP contribution in [-0.2, 0) is 128 Å². The summed E-state index contributed by atoms with van der Waals surface area (Å²) in [4.78, 5) is 288. The van der Waals surface area contributed by atoms with Crippen LogP contribution in [0.25, 0.3) is 21.8 Å². The first kappa shape index (κ1) is 112. The number of aliphatic hydroxyl groups is 1. The van der Waals surface area contributed by atoms with Gasteiger partial charge in [-0.25, -0.2) is 24.2 Å². The number of carbonyl (C=O) groups is 20. The van der Waals surface area contributed by atoms with Crippen molar-refractivity contribution < 1.29 is 136 Å². The number of benzene rings is 2. The molecule has 50 nitrogen and oxygen atoms in total. The van der Waals surface area contributed by atoms with Gasteiger partial charge < -0.3 is 135 Å². The maximum atomic E-state index is 15.3. The van der Waals surface area contributed by atoms with Gasteiger partial charge in [0.2, 0.25) is 76.8 Å². The van der Waals surface area contributed by atoms with Gasteiger partial charge in [-0.1, -0.05) is 105 Å². The Kier molecular flexibility index (Phi) is 44.3. The van der Waals surface area contributed by atoms with Crippen molar-refractivity contribution in [3.8, 4) is 0 Å². The van der Waals surface area contributed by atoms with Crippen molar-refractivity contribution in [2.45, 2.75) is 249 Å². The summed E-state index contributed by atoms with van der Waals surface area (Å²) in [5, 5.41) is 115. The van der Waals surface area contributed by atoms with Crippen LogP contribution >= 0.6 is 21.6 Å². The normalized spacial score (nSPS) is 20.9. The number of H-pyrrole nitrogens is 3. The van der Waals surface area contributed by atoms with Crippen LogP contribution in [-0.4, -0.2) is 305 Å². The molecule has 1 fully saturated rings. The zero-order chi connectivity index (χ0) is 102. The Labute approximate surface area is 802 Å². The number of carboxylic acid groups (broad SMARTS) is 6. The third-order valence-electron chi connectivity index (χ3n) is 21.7. The molecule has 1 aliphatic heterocycles. The van der Waals surface area contributed by atoms with E-state index in [2.05, 4.69) is 105 Å². The van der Waals surface area contributed by atoms with Gasteiger partial charge in [-0.05, 0) is 99.8 Å². The first-order chi connectivity index (χ1) is 65.8. The Balaban J connectivity index is 1.23. The van der Waals surface area contributed by atoms with Gasteiger partial charge in [-0.2, -0.15) is 0 Å². The number of urea groups is 1. The highest BCUT2D eigenvalue weighted by molar-refractivity contribution is 8.76. The van der Waals surface area contributed by atoms with Gasteiger partial charge >= 0.3 is 41.8 Å². The fraction of sp³-hybridized carbons (Fsp3) is 0.529. The monoisotopic (exact) mass is 1980 g/mol. The van der Waals surface area contributed by atoms with E-state index in [1.165, 1.54) is 50.4 Å². The summed E-state index contributed by atoms with van der Waals surface area (Å²) in [6, 6.07) is -11.4. The van der Waals surface area contributed by atoms with Gasteiger partial charge in [0.15, 0.2) is 6.04 Å². The third-order valence-corrected chi connectivity index (χ3v) is 24.1. The Morgan fingerprint density at radius 2 is 1.06 bits per heavy atom. The molecular weight excluding hydrogens is 1870 g/mol. The number of carboxylic acids is 6. The number of para-hydroxylation sites is 2. The number of nitrogens with one attached hydrogen (secondary N) is 18. The number of aromatic nitrogens is 7. The fourth-order valence-corrected chi connectivity index (χ4v) is 16.7.